The Morgan fingerprint density at radius 3 is 2.62 bits per heavy atom. The molecule has 0 fully saturated rings. The third kappa shape index (κ3) is 6.74. The number of benzene rings is 1. The van der Waals surface area contributed by atoms with Gasteiger partial charge >= 0.3 is 12.0 Å². The number of carboxylic acid groups (broad SMARTS) is 1. The molecule has 2 amide bonds. The second-order valence-electron chi connectivity index (χ2n) is 5.30. The average Bonchev–Trinajstić information content (AvgIpc) is 2.37. The van der Waals surface area contributed by atoms with Gasteiger partial charge in [0.25, 0.3) is 0 Å². The van der Waals surface area contributed by atoms with Gasteiger partial charge in [-0.2, -0.15) is 0 Å². The van der Waals surface area contributed by atoms with Crippen molar-refractivity contribution >= 4 is 12.0 Å². The predicted molar refractivity (Wildman–Crippen MR) is 77.5 cm³/mol. The Hall–Kier alpha value is -2.11. The van der Waals surface area contributed by atoms with Crippen molar-refractivity contribution in [2.75, 3.05) is 6.54 Å². The van der Waals surface area contributed by atoms with Gasteiger partial charge in [-0.15, -0.1) is 0 Å². The smallest absolute Gasteiger partial charge is 0.326 e. The van der Waals surface area contributed by atoms with Gasteiger partial charge in [0.2, 0.25) is 0 Å². The Bertz CT molecular complexity index is 492. The van der Waals surface area contributed by atoms with Crippen LogP contribution in [0, 0.1) is 11.7 Å². The molecule has 1 aromatic rings. The summed E-state index contributed by atoms with van der Waals surface area (Å²) in [6.07, 6.45) is 0.847. The lowest BCUT2D eigenvalue weighted by Crippen LogP contribution is -2.47. The number of halogens is 1. The van der Waals surface area contributed by atoms with Crippen LogP contribution in [0.2, 0.25) is 0 Å². The van der Waals surface area contributed by atoms with E-state index in [2.05, 4.69) is 10.6 Å². The second kappa shape index (κ2) is 8.24. The van der Waals surface area contributed by atoms with Crippen molar-refractivity contribution in [3.8, 4) is 0 Å². The number of carbonyl (C=O) groups is 2. The van der Waals surface area contributed by atoms with Crippen molar-refractivity contribution in [2.45, 2.75) is 32.7 Å². The number of hydrogen-bond donors (Lipinski definition) is 3. The first-order valence-corrected chi connectivity index (χ1v) is 6.90. The molecule has 1 rings (SSSR count). The molecule has 0 saturated carbocycles. The van der Waals surface area contributed by atoms with Gasteiger partial charge < -0.3 is 15.7 Å². The fraction of sp³-hybridized carbons (Fsp3) is 0.467. The molecule has 1 aromatic carbocycles. The lowest BCUT2D eigenvalue weighted by Gasteiger charge is -2.16. The van der Waals surface area contributed by atoms with E-state index in [1.54, 1.807) is 12.1 Å². The Labute approximate surface area is 123 Å². The monoisotopic (exact) mass is 296 g/mol. The highest BCUT2D eigenvalue weighted by molar-refractivity contribution is 5.82. The Balaban J connectivity index is 2.37. The summed E-state index contributed by atoms with van der Waals surface area (Å²) in [7, 11) is 0. The minimum atomic E-state index is -1.05. The Kier molecular flexibility index (Phi) is 6.65. The van der Waals surface area contributed by atoms with Crippen molar-refractivity contribution in [1.29, 1.82) is 0 Å². The van der Waals surface area contributed by atoms with Crippen LogP contribution in [0.25, 0.3) is 0 Å². The van der Waals surface area contributed by atoms with Gasteiger partial charge in [-0.05, 0) is 36.5 Å². The molecule has 0 aliphatic heterocycles. The molecular formula is C15H21FN2O3. The minimum absolute atomic E-state index is 0.165. The second-order valence-corrected chi connectivity index (χ2v) is 5.30. The van der Waals surface area contributed by atoms with Crippen LogP contribution in [0.1, 0.15) is 25.8 Å². The van der Waals surface area contributed by atoms with Gasteiger partial charge in [0, 0.05) is 6.54 Å². The topological polar surface area (TPSA) is 78.4 Å². The summed E-state index contributed by atoms with van der Waals surface area (Å²) >= 11 is 0. The normalized spacial score (nSPS) is 12.0. The van der Waals surface area contributed by atoms with Crippen LogP contribution in [0.5, 0.6) is 0 Å². The van der Waals surface area contributed by atoms with Gasteiger partial charge in [-0.3, -0.25) is 0 Å². The fourth-order valence-corrected chi connectivity index (χ4v) is 1.92. The van der Waals surface area contributed by atoms with Gasteiger partial charge in [0.1, 0.15) is 11.9 Å². The molecule has 6 heteroatoms. The molecule has 0 saturated heterocycles. The Morgan fingerprint density at radius 1 is 1.33 bits per heavy atom. The fourth-order valence-electron chi connectivity index (χ4n) is 1.92. The first-order chi connectivity index (χ1) is 9.88. The van der Waals surface area contributed by atoms with Crippen LogP contribution in [-0.4, -0.2) is 29.7 Å². The first kappa shape index (κ1) is 16.9. The van der Waals surface area contributed by atoms with E-state index in [0.29, 0.717) is 19.4 Å². The predicted octanol–water partition coefficient (Wildman–Crippen LogP) is 2.17. The molecule has 116 valence electrons. The van der Waals surface area contributed by atoms with Crippen molar-refractivity contribution in [1.82, 2.24) is 10.6 Å². The molecule has 0 aliphatic rings. The standard InChI is InChI=1S/C15H21FN2O3/c1-10(2)8-13(14(19)20)18-15(21)17-7-6-11-4-3-5-12(16)9-11/h3-5,9-10,13H,6-8H2,1-2H3,(H,19,20)(H2,17,18,21)/t13-/m1/s1. The summed E-state index contributed by atoms with van der Waals surface area (Å²) in [4.78, 5) is 22.7. The summed E-state index contributed by atoms with van der Waals surface area (Å²) in [5.74, 6) is -1.21. The number of amides is 2. The number of rotatable bonds is 7. The molecule has 21 heavy (non-hydrogen) atoms. The molecule has 5 nitrogen and oxygen atoms in total. The summed E-state index contributed by atoms with van der Waals surface area (Å²) in [6.45, 7) is 4.09. The number of hydrogen-bond acceptors (Lipinski definition) is 2. The summed E-state index contributed by atoms with van der Waals surface area (Å²) in [6, 6.07) is 4.69. The van der Waals surface area contributed by atoms with E-state index in [1.165, 1.54) is 12.1 Å². The summed E-state index contributed by atoms with van der Waals surface area (Å²) in [5.41, 5.74) is 0.771. The molecular weight excluding hydrogens is 275 g/mol. The van der Waals surface area contributed by atoms with E-state index in [0.717, 1.165) is 5.56 Å². The molecule has 0 radical (unpaired) electrons. The van der Waals surface area contributed by atoms with Crippen LogP contribution in [-0.2, 0) is 11.2 Å². The maximum Gasteiger partial charge on any atom is 0.326 e. The molecule has 0 unspecified atom stereocenters. The SMILES string of the molecule is CC(C)C[C@@H](NC(=O)NCCc1cccc(F)c1)C(=O)O. The van der Waals surface area contributed by atoms with Crippen molar-refractivity contribution in [3.05, 3.63) is 35.6 Å². The molecule has 0 bridgehead atoms. The number of nitrogens with one attached hydrogen (secondary N) is 2. The van der Waals surface area contributed by atoms with E-state index in [1.807, 2.05) is 13.8 Å². The summed E-state index contributed by atoms with van der Waals surface area (Å²) < 4.78 is 13.0. The van der Waals surface area contributed by atoms with Crippen LogP contribution in [0.3, 0.4) is 0 Å². The maximum atomic E-state index is 13.0. The van der Waals surface area contributed by atoms with E-state index in [4.69, 9.17) is 5.11 Å². The number of carbonyl (C=O) groups excluding carboxylic acids is 1. The minimum Gasteiger partial charge on any atom is -0.480 e. The van der Waals surface area contributed by atoms with Crippen molar-refractivity contribution in [2.24, 2.45) is 5.92 Å². The largest absolute Gasteiger partial charge is 0.480 e. The highest BCUT2D eigenvalue weighted by atomic mass is 19.1. The highest BCUT2D eigenvalue weighted by Crippen LogP contribution is 2.05. The zero-order chi connectivity index (χ0) is 15.8. The first-order valence-electron chi connectivity index (χ1n) is 6.90. The number of urea groups is 1. The number of aliphatic carboxylic acids is 1. The zero-order valence-corrected chi connectivity index (χ0v) is 12.2. The lowest BCUT2D eigenvalue weighted by atomic mass is 10.0. The molecule has 1 atom stereocenters. The van der Waals surface area contributed by atoms with Crippen LogP contribution >= 0.6 is 0 Å². The molecule has 0 aromatic heterocycles. The van der Waals surface area contributed by atoms with Crippen LogP contribution in [0.15, 0.2) is 24.3 Å². The summed E-state index contributed by atoms with van der Waals surface area (Å²) in [5, 5.41) is 14.0. The third-order valence-corrected chi connectivity index (χ3v) is 2.90. The van der Waals surface area contributed by atoms with Crippen LogP contribution < -0.4 is 10.6 Å². The van der Waals surface area contributed by atoms with Gasteiger partial charge in [0.15, 0.2) is 0 Å². The average molecular weight is 296 g/mol. The van der Waals surface area contributed by atoms with E-state index in [-0.39, 0.29) is 11.7 Å². The highest BCUT2D eigenvalue weighted by Gasteiger charge is 2.20. The molecule has 0 aliphatic carbocycles. The van der Waals surface area contributed by atoms with E-state index >= 15 is 0 Å². The molecule has 0 spiro atoms. The third-order valence-electron chi connectivity index (χ3n) is 2.90. The van der Waals surface area contributed by atoms with Crippen molar-refractivity contribution in [3.63, 3.8) is 0 Å². The van der Waals surface area contributed by atoms with Gasteiger partial charge in [-0.1, -0.05) is 26.0 Å². The quantitative estimate of drug-likeness (QED) is 0.721. The van der Waals surface area contributed by atoms with E-state index < -0.39 is 18.0 Å². The lowest BCUT2D eigenvalue weighted by molar-refractivity contribution is -0.139. The van der Waals surface area contributed by atoms with Gasteiger partial charge in [0.05, 0.1) is 0 Å². The number of carboxylic acids is 1. The van der Waals surface area contributed by atoms with Gasteiger partial charge in [-0.25, -0.2) is 14.0 Å². The van der Waals surface area contributed by atoms with Crippen molar-refractivity contribution < 1.29 is 19.1 Å². The van der Waals surface area contributed by atoms with Crippen LogP contribution in [0.4, 0.5) is 9.18 Å². The Morgan fingerprint density at radius 2 is 2.05 bits per heavy atom. The zero-order valence-electron chi connectivity index (χ0n) is 12.2. The van der Waals surface area contributed by atoms with E-state index in [9.17, 15) is 14.0 Å². The molecule has 0 heterocycles. The molecule has 3 N–H and O–H groups in total. The maximum absolute atomic E-state index is 13.0.